The summed E-state index contributed by atoms with van der Waals surface area (Å²) in [7, 11) is 0. The molecule has 0 aliphatic carbocycles. The van der Waals surface area contributed by atoms with E-state index in [2.05, 4.69) is 11.4 Å². The minimum Gasteiger partial charge on any atom is -0.399 e. The molecule has 0 aliphatic rings. The van der Waals surface area contributed by atoms with Gasteiger partial charge in [0.1, 0.15) is 6.07 Å². The van der Waals surface area contributed by atoms with Crippen LogP contribution in [0.25, 0.3) is 0 Å². The fraction of sp³-hybridized carbons (Fsp3) is 0.0714. The minimum atomic E-state index is 0.552. The predicted octanol–water partition coefficient (Wildman–Crippen LogP) is 3.85. The molecule has 2 aromatic rings. The molecule has 0 aliphatic heterocycles. The Morgan fingerprint density at radius 1 is 1.17 bits per heavy atom. The number of nitrogens with zero attached hydrogens (tertiary/aromatic N) is 1. The van der Waals surface area contributed by atoms with E-state index in [-0.39, 0.29) is 0 Å². The van der Waals surface area contributed by atoms with Gasteiger partial charge in [-0.1, -0.05) is 11.6 Å². The van der Waals surface area contributed by atoms with E-state index >= 15 is 0 Å². The Labute approximate surface area is 111 Å². The van der Waals surface area contributed by atoms with Crippen LogP contribution in [0, 0.1) is 18.3 Å². The second-order valence-electron chi connectivity index (χ2n) is 4.00. The van der Waals surface area contributed by atoms with Gasteiger partial charge in [0.2, 0.25) is 0 Å². The normalized spacial score (nSPS) is 9.83. The van der Waals surface area contributed by atoms with E-state index in [1.165, 1.54) is 0 Å². The number of aryl methyl sites for hydroxylation is 1. The molecule has 90 valence electrons. The van der Waals surface area contributed by atoms with Gasteiger partial charge in [-0.3, -0.25) is 0 Å². The molecule has 3 nitrogen and oxygen atoms in total. The summed E-state index contributed by atoms with van der Waals surface area (Å²) in [5.74, 6) is 0. The molecule has 4 heteroatoms. The molecule has 2 aromatic carbocycles. The van der Waals surface area contributed by atoms with Crippen molar-refractivity contribution < 1.29 is 0 Å². The highest BCUT2D eigenvalue weighted by Gasteiger charge is 2.05. The number of nitrogen functional groups attached to an aromatic ring is 1. The Bertz CT molecular complexity index is 629. The van der Waals surface area contributed by atoms with Crippen LogP contribution >= 0.6 is 11.6 Å². The number of nitrogens with one attached hydrogen (secondary N) is 1. The standard InChI is InChI=1S/C14H12ClN3/c1-9-6-12(17)4-5-13(9)18-14-7-11(15)3-2-10(14)8-16/h2-7,18H,17H2,1H3. The van der Waals surface area contributed by atoms with Gasteiger partial charge in [0.15, 0.2) is 0 Å². The molecule has 0 radical (unpaired) electrons. The van der Waals surface area contributed by atoms with Crippen LogP contribution in [0.15, 0.2) is 36.4 Å². The zero-order valence-corrected chi connectivity index (χ0v) is 10.6. The molecule has 0 saturated carbocycles. The largest absolute Gasteiger partial charge is 0.399 e. The molecule has 0 bridgehead atoms. The maximum atomic E-state index is 9.05. The summed E-state index contributed by atoms with van der Waals surface area (Å²) in [4.78, 5) is 0. The first-order valence-corrected chi connectivity index (χ1v) is 5.81. The maximum Gasteiger partial charge on any atom is 0.101 e. The van der Waals surface area contributed by atoms with Gasteiger partial charge in [-0.15, -0.1) is 0 Å². The predicted molar refractivity (Wildman–Crippen MR) is 75.0 cm³/mol. The van der Waals surface area contributed by atoms with E-state index in [0.717, 1.165) is 11.3 Å². The van der Waals surface area contributed by atoms with Gasteiger partial charge in [0, 0.05) is 16.4 Å². The molecule has 18 heavy (non-hydrogen) atoms. The van der Waals surface area contributed by atoms with Crippen molar-refractivity contribution >= 4 is 28.7 Å². The third-order valence-corrected chi connectivity index (χ3v) is 2.86. The van der Waals surface area contributed by atoms with Crippen LogP contribution in [-0.4, -0.2) is 0 Å². The van der Waals surface area contributed by atoms with E-state index < -0.39 is 0 Å². The molecular formula is C14H12ClN3. The van der Waals surface area contributed by atoms with E-state index in [1.54, 1.807) is 18.2 Å². The lowest BCUT2D eigenvalue weighted by atomic mass is 10.1. The molecule has 0 atom stereocenters. The average molecular weight is 258 g/mol. The number of nitrogens with two attached hydrogens (primary N) is 1. The number of hydrogen-bond donors (Lipinski definition) is 2. The average Bonchev–Trinajstić information content (AvgIpc) is 2.33. The van der Waals surface area contributed by atoms with Crippen LogP contribution in [-0.2, 0) is 0 Å². The van der Waals surface area contributed by atoms with Gasteiger partial charge in [-0.25, -0.2) is 0 Å². The molecule has 0 aromatic heterocycles. The van der Waals surface area contributed by atoms with Gasteiger partial charge < -0.3 is 11.1 Å². The van der Waals surface area contributed by atoms with Gasteiger partial charge in [-0.05, 0) is 48.9 Å². The van der Waals surface area contributed by atoms with Crippen molar-refractivity contribution in [2.75, 3.05) is 11.1 Å². The van der Waals surface area contributed by atoms with Crippen molar-refractivity contribution in [2.24, 2.45) is 0 Å². The number of benzene rings is 2. The second-order valence-corrected chi connectivity index (χ2v) is 4.44. The molecule has 0 saturated heterocycles. The highest BCUT2D eigenvalue weighted by Crippen LogP contribution is 2.27. The molecule has 0 unspecified atom stereocenters. The highest BCUT2D eigenvalue weighted by atomic mass is 35.5. The summed E-state index contributed by atoms with van der Waals surface area (Å²) in [5.41, 5.74) is 9.57. The van der Waals surface area contributed by atoms with Crippen molar-refractivity contribution in [3.8, 4) is 6.07 Å². The van der Waals surface area contributed by atoms with Gasteiger partial charge >= 0.3 is 0 Å². The van der Waals surface area contributed by atoms with Gasteiger partial charge in [0.25, 0.3) is 0 Å². The summed E-state index contributed by atoms with van der Waals surface area (Å²) < 4.78 is 0. The number of hydrogen-bond acceptors (Lipinski definition) is 3. The summed E-state index contributed by atoms with van der Waals surface area (Å²) in [5, 5.41) is 12.8. The quantitative estimate of drug-likeness (QED) is 0.804. The molecule has 3 N–H and O–H groups in total. The lowest BCUT2D eigenvalue weighted by Crippen LogP contribution is -1.97. The summed E-state index contributed by atoms with van der Waals surface area (Å²) in [6.07, 6.45) is 0. The Hall–Kier alpha value is -2.18. The van der Waals surface area contributed by atoms with Crippen molar-refractivity contribution in [3.63, 3.8) is 0 Å². The van der Waals surface area contributed by atoms with Crippen LogP contribution < -0.4 is 11.1 Å². The molecule has 2 rings (SSSR count). The maximum absolute atomic E-state index is 9.05. The number of halogens is 1. The first-order valence-electron chi connectivity index (χ1n) is 5.43. The zero-order chi connectivity index (χ0) is 13.1. The first kappa shape index (κ1) is 12.3. The van der Waals surface area contributed by atoms with Crippen LogP contribution in [0.5, 0.6) is 0 Å². The topological polar surface area (TPSA) is 61.8 Å². The Morgan fingerprint density at radius 2 is 1.94 bits per heavy atom. The lowest BCUT2D eigenvalue weighted by Gasteiger charge is -2.11. The van der Waals surface area contributed by atoms with E-state index in [4.69, 9.17) is 22.6 Å². The van der Waals surface area contributed by atoms with Crippen LogP contribution in [0.4, 0.5) is 17.1 Å². The molecule has 0 spiro atoms. The van der Waals surface area contributed by atoms with Crippen LogP contribution in [0.3, 0.4) is 0 Å². The number of anilines is 3. The van der Waals surface area contributed by atoms with E-state index in [1.807, 2.05) is 25.1 Å². The lowest BCUT2D eigenvalue weighted by molar-refractivity contribution is 1.41. The summed E-state index contributed by atoms with van der Waals surface area (Å²) >= 11 is 5.94. The SMILES string of the molecule is Cc1cc(N)ccc1Nc1cc(Cl)ccc1C#N. The third-order valence-electron chi connectivity index (χ3n) is 2.62. The Kier molecular flexibility index (Phi) is 3.40. The fourth-order valence-electron chi connectivity index (χ4n) is 1.69. The van der Waals surface area contributed by atoms with E-state index in [0.29, 0.717) is 22.0 Å². The van der Waals surface area contributed by atoms with Crippen molar-refractivity contribution in [3.05, 3.63) is 52.5 Å². The van der Waals surface area contributed by atoms with Crippen molar-refractivity contribution in [1.82, 2.24) is 0 Å². The summed E-state index contributed by atoms with van der Waals surface area (Å²) in [6, 6.07) is 12.8. The smallest absolute Gasteiger partial charge is 0.101 e. The molecule has 0 amide bonds. The minimum absolute atomic E-state index is 0.552. The van der Waals surface area contributed by atoms with E-state index in [9.17, 15) is 0 Å². The second kappa shape index (κ2) is 4.99. The molecule has 0 fully saturated rings. The Balaban J connectivity index is 2.40. The van der Waals surface area contributed by atoms with Crippen molar-refractivity contribution in [2.45, 2.75) is 6.92 Å². The highest BCUT2D eigenvalue weighted by molar-refractivity contribution is 6.30. The first-order chi connectivity index (χ1) is 8.60. The Morgan fingerprint density at radius 3 is 2.61 bits per heavy atom. The number of rotatable bonds is 2. The fourth-order valence-corrected chi connectivity index (χ4v) is 1.86. The van der Waals surface area contributed by atoms with Crippen molar-refractivity contribution in [1.29, 1.82) is 5.26 Å². The molecule has 0 heterocycles. The third kappa shape index (κ3) is 2.55. The zero-order valence-electron chi connectivity index (χ0n) is 9.87. The number of nitriles is 1. The van der Waals surface area contributed by atoms with Crippen LogP contribution in [0.1, 0.15) is 11.1 Å². The van der Waals surface area contributed by atoms with Crippen LogP contribution in [0.2, 0.25) is 5.02 Å². The molecular weight excluding hydrogens is 246 g/mol. The summed E-state index contributed by atoms with van der Waals surface area (Å²) in [6.45, 7) is 1.95. The monoisotopic (exact) mass is 257 g/mol. The van der Waals surface area contributed by atoms with Gasteiger partial charge in [0.05, 0.1) is 11.3 Å². The van der Waals surface area contributed by atoms with Gasteiger partial charge in [-0.2, -0.15) is 5.26 Å².